The molecule has 0 aromatic heterocycles. The molecule has 3 nitrogen and oxygen atoms in total. The summed E-state index contributed by atoms with van der Waals surface area (Å²) in [7, 11) is 5.97. The van der Waals surface area contributed by atoms with Crippen molar-refractivity contribution in [2.75, 3.05) is 54.0 Å². The third kappa shape index (κ3) is 16.3. The smallest absolute Gasteiger partial charge is 0.0589 e. The first-order chi connectivity index (χ1) is 7.62. The van der Waals surface area contributed by atoms with Gasteiger partial charge in [-0.05, 0) is 40.2 Å². The molecular formula is C13H32N2O. The van der Waals surface area contributed by atoms with Gasteiger partial charge in [-0.25, -0.2) is 0 Å². The first-order valence-electron chi connectivity index (χ1n) is 6.48. The summed E-state index contributed by atoms with van der Waals surface area (Å²) >= 11 is 0. The van der Waals surface area contributed by atoms with Crippen LogP contribution in [0.3, 0.4) is 0 Å². The fourth-order valence-corrected chi connectivity index (χ4v) is 0.991. The largest absolute Gasteiger partial charge is 0.383 e. The van der Waals surface area contributed by atoms with Crippen molar-refractivity contribution in [2.45, 2.75) is 33.6 Å². The number of likely N-dealkylation sites (N-methyl/N-ethyl adjacent to an activating group) is 1. The van der Waals surface area contributed by atoms with Crippen molar-refractivity contribution in [1.82, 2.24) is 9.80 Å². The molecule has 0 saturated carbocycles. The third-order valence-electron chi connectivity index (χ3n) is 2.65. The number of nitrogens with zero attached hydrogens (tertiary/aromatic N) is 2. The maximum atomic E-state index is 4.87. The summed E-state index contributed by atoms with van der Waals surface area (Å²) in [6.45, 7) is 12.0. The highest BCUT2D eigenvalue weighted by Gasteiger charge is 1.90. The zero-order valence-electron chi connectivity index (χ0n) is 12.3. The average molecular weight is 232 g/mol. The Morgan fingerprint density at radius 1 is 0.875 bits per heavy atom. The fraction of sp³-hybridized carbons (Fsp3) is 1.00. The summed E-state index contributed by atoms with van der Waals surface area (Å²) in [6.07, 6.45) is 2.65. The Balaban J connectivity index is 0. The van der Waals surface area contributed by atoms with Gasteiger partial charge in [0, 0.05) is 13.7 Å². The predicted molar refractivity (Wildman–Crippen MR) is 73.1 cm³/mol. The lowest BCUT2D eigenvalue weighted by molar-refractivity contribution is 0.164. The van der Waals surface area contributed by atoms with Crippen LogP contribution in [-0.4, -0.2) is 63.8 Å². The highest BCUT2D eigenvalue weighted by atomic mass is 16.5. The Bertz CT molecular complexity index is 107. The molecule has 0 amide bonds. The van der Waals surface area contributed by atoms with E-state index in [1.54, 1.807) is 7.11 Å². The van der Waals surface area contributed by atoms with Gasteiger partial charge in [-0.1, -0.05) is 27.2 Å². The second kappa shape index (κ2) is 14.9. The van der Waals surface area contributed by atoms with Gasteiger partial charge in [0.2, 0.25) is 0 Å². The molecule has 16 heavy (non-hydrogen) atoms. The number of hydrogen-bond donors (Lipinski definition) is 0. The van der Waals surface area contributed by atoms with Gasteiger partial charge in [-0.15, -0.1) is 0 Å². The summed E-state index contributed by atoms with van der Waals surface area (Å²) < 4.78 is 4.87. The van der Waals surface area contributed by atoms with Crippen LogP contribution < -0.4 is 0 Å². The van der Waals surface area contributed by atoms with E-state index in [4.69, 9.17) is 4.74 Å². The Kier molecular flexibility index (Phi) is 17.0. The van der Waals surface area contributed by atoms with Gasteiger partial charge >= 0.3 is 0 Å². The summed E-state index contributed by atoms with van der Waals surface area (Å²) in [5.41, 5.74) is 0. The van der Waals surface area contributed by atoms with Crippen LogP contribution >= 0.6 is 0 Å². The minimum Gasteiger partial charge on any atom is -0.383 e. The van der Waals surface area contributed by atoms with Crippen molar-refractivity contribution in [3.63, 3.8) is 0 Å². The first-order valence-corrected chi connectivity index (χ1v) is 6.48. The summed E-state index contributed by atoms with van der Waals surface area (Å²) in [4.78, 5) is 4.55. The maximum absolute atomic E-state index is 4.87. The molecule has 0 N–H and O–H groups in total. The van der Waals surface area contributed by atoms with E-state index in [1.165, 1.54) is 25.9 Å². The molecule has 0 aliphatic rings. The average Bonchev–Trinajstić information content (AvgIpc) is 2.33. The van der Waals surface area contributed by atoms with Gasteiger partial charge in [-0.2, -0.15) is 0 Å². The van der Waals surface area contributed by atoms with Crippen molar-refractivity contribution < 1.29 is 4.74 Å². The van der Waals surface area contributed by atoms with Crippen molar-refractivity contribution in [3.05, 3.63) is 0 Å². The van der Waals surface area contributed by atoms with Crippen LogP contribution in [0.1, 0.15) is 33.6 Å². The number of rotatable bonds is 8. The quantitative estimate of drug-likeness (QED) is 0.639. The van der Waals surface area contributed by atoms with Crippen molar-refractivity contribution in [2.24, 2.45) is 0 Å². The normalized spacial score (nSPS) is 10.5. The Morgan fingerprint density at radius 3 is 1.75 bits per heavy atom. The van der Waals surface area contributed by atoms with E-state index < -0.39 is 0 Å². The number of ether oxygens (including phenoxy) is 1. The molecular weight excluding hydrogens is 200 g/mol. The van der Waals surface area contributed by atoms with E-state index >= 15 is 0 Å². The van der Waals surface area contributed by atoms with E-state index in [-0.39, 0.29) is 0 Å². The van der Waals surface area contributed by atoms with E-state index in [1.807, 2.05) is 0 Å². The topological polar surface area (TPSA) is 15.7 Å². The lowest BCUT2D eigenvalue weighted by Gasteiger charge is -2.11. The Morgan fingerprint density at radius 2 is 1.38 bits per heavy atom. The monoisotopic (exact) mass is 232 g/mol. The molecule has 0 aliphatic heterocycles. The minimum atomic E-state index is 0.838. The van der Waals surface area contributed by atoms with E-state index in [2.05, 4.69) is 44.7 Å². The second-order valence-corrected chi connectivity index (χ2v) is 4.14. The van der Waals surface area contributed by atoms with E-state index in [0.717, 1.165) is 19.7 Å². The number of methoxy groups -OCH3 is 1. The SMILES string of the molecule is CCCCN(C)CC.CCN(C)CCOC. The summed E-state index contributed by atoms with van der Waals surface area (Å²) in [6, 6.07) is 0. The Labute approximate surface area is 103 Å². The number of hydrogen-bond acceptors (Lipinski definition) is 3. The van der Waals surface area contributed by atoms with Crippen LogP contribution in [0.15, 0.2) is 0 Å². The molecule has 0 rings (SSSR count). The van der Waals surface area contributed by atoms with Crippen LogP contribution in [0.25, 0.3) is 0 Å². The van der Waals surface area contributed by atoms with E-state index in [0.29, 0.717) is 0 Å². The van der Waals surface area contributed by atoms with Crippen LogP contribution in [0.2, 0.25) is 0 Å². The molecule has 0 aliphatic carbocycles. The van der Waals surface area contributed by atoms with Gasteiger partial charge in [0.1, 0.15) is 0 Å². The third-order valence-corrected chi connectivity index (χ3v) is 2.65. The second-order valence-electron chi connectivity index (χ2n) is 4.14. The molecule has 0 aromatic carbocycles. The molecule has 0 heterocycles. The van der Waals surface area contributed by atoms with E-state index in [9.17, 15) is 0 Å². The van der Waals surface area contributed by atoms with Gasteiger partial charge in [0.15, 0.2) is 0 Å². The first kappa shape index (κ1) is 18.3. The molecule has 0 bridgehead atoms. The fourth-order valence-electron chi connectivity index (χ4n) is 0.991. The molecule has 0 saturated heterocycles. The zero-order chi connectivity index (χ0) is 12.8. The molecule has 0 spiro atoms. The van der Waals surface area contributed by atoms with Gasteiger partial charge in [0.25, 0.3) is 0 Å². The molecule has 0 aromatic rings. The Hall–Kier alpha value is -0.120. The van der Waals surface area contributed by atoms with Gasteiger partial charge in [0.05, 0.1) is 6.61 Å². The van der Waals surface area contributed by atoms with Crippen molar-refractivity contribution >= 4 is 0 Å². The highest BCUT2D eigenvalue weighted by molar-refractivity contribution is 4.44. The molecule has 0 atom stereocenters. The maximum Gasteiger partial charge on any atom is 0.0589 e. The standard InChI is InChI=1S/C7H17N.C6H15NO/c1-4-6-7-8(3)5-2;1-4-7(2)5-6-8-3/h4-7H2,1-3H3;4-6H2,1-3H3. The summed E-state index contributed by atoms with van der Waals surface area (Å²) in [5.74, 6) is 0. The zero-order valence-corrected chi connectivity index (χ0v) is 12.3. The summed E-state index contributed by atoms with van der Waals surface area (Å²) in [5, 5.41) is 0. The van der Waals surface area contributed by atoms with Crippen molar-refractivity contribution in [3.8, 4) is 0 Å². The molecule has 3 heteroatoms. The van der Waals surface area contributed by atoms with Gasteiger partial charge < -0.3 is 14.5 Å². The molecule has 100 valence electrons. The lowest BCUT2D eigenvalue weighted by Crippen LogP contribution is -2.21. The highest BCUT2D eigenvalue weighted by Crippen LogP contribution is 1.89. The van der Waals surface area contributed by atoms with Crippen LogP contribution in [0.5, 0.6) is 0 Å². The van der Waals surface area contributed by atoms with Crippen LogP contribution in [0.4, 0.5) is 0 Å². The van der Waals surface area contributed by atoms with Gasteiger partial charge in [-0.3, -0.25) is 0 Å². The molecule has 0 radical (unpaired) electrons. The number of unbranched alkanes of at least 4 members (excludes halogenated alkanes) is 1. The minimum absolute atomic E-state index is 0.838. The molecule has 0 fully saturated rings. The lowest BCUT2D eigenvalue weighted by atomic mass is 10.3. The predicted octanol–water partition coefficient (Wildman–Crippen LogP) is 2.32. The van der Waals surface area contributed by atoms with Crippen LogP contribution in [-0.2, 0) is 4.74 Å². The van der Waals surface area contributed by atoms with Crippen molar-refractivity contribution in [1.29, 1.82) is 0 Å². The molecule has 0 unspecified atom stereocenters. The van der Waals surface area contributed by atoms with Crippen LogP contribution in [0, 0.1) is 0 Å².